The number of alkyl halides is 3. The Kier molecular flexibility index (Phi) is 11.8. The number of benzene rings is 1. The summed E-state index contributed by atoms with van der Waals surface area (Å²) >= 11 is 0. The number of methoxy groups -OCH3 is 2. The van der Waals surface area contributed by atoms with E-state index in [0.29, 0.717) is 19.3 Å². The highest BCUT2D eigenvalue weighted by Gasteiger charge is 2.64. The first kappa shape index (κ1) is 32.5. The fourth-order valence-corrected chi connectivity index (χ4v) is 4.59. The first-order chi connectivity index (χ1) is 20.1. The third-order valence-corrected chi connectivity index (χ3v) is 6.79. The van der Waals surface area contributed by atoms with Gasteiger partial charge in [-0.2, -0.15) is 13.2 Å². The standard InChI is InChI=1S/C32H35F3O7/c1-23(9-7-10-24-15-17-40-21-24)19-28(20-26(29(36)38-2)12-8-11-25-16-18-41-22-25)42-30(37)31(39-3,32(33,34)35)27-13-5-4-6-14-27/h4-6,12-19,21-22,28H,7-11,20H2,1-3H3/b23-19+,26-12+/t28-,31+/m0/s1. The van der Waals surface area contributed by atoms with Crippen molar-refractivity contribution in [2.75, 3.05) is 14.2 Å². The van der Waals surface area contributed by atoms with E-state index < -0.39 is 35.4 Å². The van der Waals surface area contributed by atoms with Crippen LogP contribution in [0.15, 0.2) is 99.6 Å². The molecule has 0 aliphatic rings. The molecule has 0 aliphatic carbocycles. The molecule has 2 aromatic heterocycles. The zero-order valence-corrected chi connectivity index (χ0v) is 23.8. The molecule has 0 saturated carbocycles. The van der Waals surface area contributed by atoms with Gasteiger partial charge >= 0.3 is 18.1 Å². The number of halogens is 3. The topological polar surface area (TPSA) is 88.1 Å². The van der Waals surface area contributed by atoms with Crippen molar-refractivity contribution in [2.24, 2.45) is 0 Å². The summed E-state index contributed by atoms with van der Waals surface area (Å²) in [4.78, 5) is 26.1. The highest BCUT2D eigenvalue weighted by Crippen LogP contribution is 2.43. The molecule has 10 heteroatoms. The van der Waals surface area contributed by atoms with Gasteiger partial charge in [-0.15, -0.1) is 0 Å². The number of furan rings is 2. The van der Waals surface area contributed by atoms with Crippen molar-refractivity contribution in [3.63, 3.8) is 0 Å². The summed E-state index contributed by atoms with van der Waals surface area (Å²) in [6, 6.07) is 10.2. The Hall–Kier alpha value is -4.05. The number of rotatable bonds is 15. The second kappa shape index (κ2) is 15.3. The number of carbonyl (C=O) groups excluding carboxylic acids is 2. The predicted molar refractivity (Wildman–Crippen MR) is 148 cm³/mol. The highest BCUT2D eigenvalue weighted by atomic mass is 19.4. The minimum Gasteiger partial charge on any atom is -0.472 e. The fourth-order valence-electron chi connectivity index (χ4n) is 4.59. The number of esters is 2. The molecule has 7 nitrogen and oxygen atoms in total. The second-order valence-corrected chi connectivity index (χ2v) is 9.79. The fraction of sp³-hybridized carbons (Fsp3) is 0.375. The van der Waals surface area contributed by atoms with E-state index >= 15 is 0 Å². The molecule has 226 valence electrons. The molecule has 2 atom stereocenters. The van der Waals surface area contributed by atoms with Crippen LogP contribution in [-0.4, -0.2) is 38.4 Å². The van der Waals surface area contributed by atoms with Gasteiger partial charge in [0.05, 0.1) is 32.2 Å². The van der Waals surface area contributed by atoms with Crippen LogP contribution in [0.5, 0.6) is 0 Å². The molecular formula is C32H35F3O7. The zero-order chi connectivity index (χ0) is 30.6. The van der Waals surface area contributed by atoms with E-state index in [4.69, 9.17) is 23.0 Å². The molecule has 3 aromatic rings. The van der Waals surface area contributed by atoms with Crippen molar-refractivity contribution >= 4 is 11.9 Å². The van der Waals surface area contributed by atoms with Gasteiger partial charge in [-0.05, 0) is 68.4 Å². The predicted octanol–water partition coefficient (Wildman–Crippen LogP) is 7.28. The van der Waals surface area contributed by atoms with E-state index in [1.165, 1.54) is 31.6 Å². The van der Waals surface area contributed by atoms with Crippen LogP contribution in [0.3, 0.4) is 0 Å². The molecule has 0 unspecified atom stereocenters. The van der Waals surface area contributed by atoms with Crippen molar-refractivity contribution in [3.8, 4) is 0 Å². The van der Waals surface area contributed by atoms with Crippen LogP contribution in [0, 0.1) is 0 Å². The Morgan fingerprint density at radius 1 is 0.952 bits per heavy atom. The lowest BCUT2D eigenvalue weighted by molar-refractivity contribution is -0.277. The lowest BCUT2D eigenvalue weighted by atomic mass is 9.92. The average molecular weight is 589 g/mol. The first-order valence-electron chi connectivity index (χ1n) is 13.5. The molecule has 0 radical (unpaired) electrons. The maximum Gasteiger partial charge on any atom is 0.432 e. The maximum absolute atomic E-state index is 14.5. The van der Waals surface area contributed by atoms with Crippen molar-refractivity contribution in [1.82, 2.24) is 0 Å². The van der Waals surface area contributed by atoms with Crippen molar-refractivity contribution in [1.29, 1.82) is 0 Å². The Morgan fingerprint density at radius 3 is 2.14 bits per heavy atom. The summed E-state index contributed by atoms with van der Waals surface area (Å²) in [5.41, 5.74) is -0.939. The van der Waals surface area contributed by atoms with E-state index in [9.17, 15) is 22.8 Å². The van der Waals surface area contributed by atoms with Gasteiger partial charge in [-0.1, -0.05) is 42.0 Å². The van der Waals surface area contributed by atoms with Crippen LogP contribution < -0.4 is 0 Å². The van der Waals surface area contributed by atoms with E-state index in [0.717, 1.165) is 48.8 Å². The third kappa shape index (κ3) is 8.48. The van der Waals surface area contributed by atoms with E-state index in [1.807, 2.05) is 6.07 Å². The molecule has 0 fully saturated rings. The molecule has 2 heterocycles. The molecule has 0 bridgehead atoms. The largest absolute Gasteiger partial charge is 0.472 e. The normalized spacial score (nSPS) is 14.7. The average Bonchev–Trinajstić information content (AvgIpc) is 3.67. The molecule has 0 saturated heterocycles. The van der Waals surface area contributed by atoms with E-state index in [2.05, 4.69) is 0 Å². The van der Waals surface area contributed by atoms with Gasteiger partial charge in [-0.3, -0.25) is 0 Å². The summed E-state index contributed by atoms with van der Waals surface area (Å²) in [7, 11) is 2.02. The van der Waals surface area contributed by atoms with Crippen LogP contribution in [-0.2, 0) is 42.2 Å². The van der Waals surface area contributed by atoms with Gasteiger partial charge < -0.3 is 23.0 Å². The van der Waals surface area contributed by atoms with E-state index in [-0.39, 0.29) is 12.0 Å². The SMILES string of the molecule is COC(=O)/C(=C/CCc1ccoc1)C[C@H](/C=C(\C)CCCc1ccoc1)OC(=O)[C@](OC)(c1ccccc1)C(F)(F)F. The molecular weight excluding hydrogens is 553 g/mol. The number of hydrogen-bond acceptors (Lipinski definition) is 7. The first-order valence-corrected chi connectivity index (χ1v) is 13.5. The smallest absolute Gasteiger partial charge is 0.432 e. The number of hydrogen-bond donors (Lipinski definition) is 0. The van der Waals surface area contributed by atoms with Crippen LogP contribution in [0.2, 0.25) is 0 Å². The van der Waals surface area contributed by atoms with Crippen molar-refractivity contribution in [2.45, 2.75) is 63.3 Å². The quantitative estimate of drug-likeness (QED) is 0.105. The summed E-state index contributed by atoms with van der Waals surface area (Å²) in [6.45, 7) is 1.79. The van der Waals surface area contributed by atoms with Gasteiger partial charge in [0.2, 0.25) is 0 Å². The van der Waals surface area contributed by atoms with Gasteiger partial charge in [0, 0.05) is 24.7 Å². The molecule has 0 amide bonds. The van der Waals surface area contributed by atoms with Gasteiger partial charge in [0.15, 0.2) is 0 Å². The Morgan fingerprint density at radius 2 is 1.60 bits per heavy atom. The van der Waals surface area contributed by atoms with Crippen LogP contribution in [0.4, 0.5) is 13.2 Å². The van der Waals surface area contributed by atoms with Gasteiger partial charge in [0.25, 0.3) is 5.60 Å². The number of carbonyl (C=O) groups is 2. The Labute approximate surface area is 242 Å². The second-order valence-electron chi connectivity index (χ2n) is 9.79. The third-order valence-electron chi connectivity index (χ3n) is 6.79. The van der Waals surface area contributed by atoms with Crippen molar-refractivity contribution in [3.05, 3.63) is 108 Å². The van der Waals surface area contributed by atoms with Gasteiger partial charge in [-0.25, -0.2) is 9.59 Å². The summed E-state index contributed by atoms with van der Waals surface area (Å²) in [5.74, 6) is -2.31. The monoisotopic (exact) mass is 588 g/mol. The highest BCUT2D eigenvalue weighted by molar-refractivity contribution is 5.88. The lowest BCUT2D eigenvalue weighted by Gasteiger charge is -2.33. The molecule has 42 heavy (non-hydrogen) atoms. The summed E-state index contributed by atoms with van der Waals surface area (Å²) < 4.78 is 69.1. The molecule has 1 aromatic carbocycles. The van der Waals surface area contributed by atoms with E-state index in [1.54, 1.807) is 43.9 Å². The van der Waals surface area contributed by atoms with Gasteiger partial charge in [0.1, 0.15) is 6.10 Å². The zero-order valence-electron chi connectivity index (χ0n) is 23.8. The minimum atomic E-state index is -5.14. The lowest BCUT2D eigenvalue weighted by Crippen LogP contribution is -2.52. The molecule has 0 N–H and O–H groups in total. The van der Waals surface area contributed by atoms with Crippen LogP contribution in [0.1, 0.15) is 49.3 Å². The summed E-state index contributed by atoms with van der Waals surface area (Å²) in [6.07, 6.45) is 5.99. The number of aryl methyl sites for hydroxylation is 2. The van der Waals surface area contributed by atoms with Crippen LogP contribution in [0.25, 0.3) is 0 Å². The maximum atomic E-state index is 14.5. The molecule has 0 spiro atoms. The van der Waals surface area contributed by atoms with Crippen molar-refractivity contribution < 1.29 is 45.8 Å². The number of ether oxygens (including phenoxy) is 3. The number of allylic oxidation sites excluding steroid dienone is 2. The van der Waals surface area contributed by atoms with Crippen LogP contribution >= 0.6 is 0 Å². The Balaban J connectivity index is 1.90. The summed E-state index contributed by atoms with van der Waals surface area (Å²) in [5, 5.41) is 0. The molecule has 3 rings (SSSR count). The molecule has 0 aliphatic heterocycles. The minimum absolute atomic E-state index is 0.163. The Bertz CT molecular complexity index is 1310.